The summed E-state index contributed by atoms with van der Waals surface area (Å²) in [5.41, 5.74) is 8.06. The lowest BCUT2D eigenvalue weighted by molar-refractivity contribution is -0.134. The first-order chi connectivity index (χ1) is 11.8. The summed E-state index contributed by atoms with van der Waals surface area (Å²) in [6.07, 6.45) is 4.68. The van der Waals surface area contributed by atoms with Crippen LogP contribution in [-0.4, -0.2) is 38.3 Å². The third kappa shape index (κ3) is 3.46. The molecule has 0 saturated heterocycles. The Morgan fingerprint density at radius 1 is 1.44 bits per heavy atom. The minimum atomic E-state index is -0.902. The predicted molar refractivity (Wildman–Crippen MR) is 96.8 cm³/mol. The van der Waals surface area contributed by atoms with Gasteiger partial charge >= 0.3 is 5.97 Å². The molecule has 0 bridgehead atoms. The van der Waals surface area contributed by atoms with Crippen LogP contribution in [0.5, 0.6) is 0 Å². The fraction of sp³-hybridized carbons (Fsp3) is 0.278. The Labute approximate surface area is 144 Å². The molecule has 0 unspecified atom stereocenters. The highest BCUT2D eigenvalue weighted by molar-refractivity contribution is 6.07. The van der Waals surface area contributed by atoms with Crippen molar-refractivity contribution in [1.82, 2.24) is 14.5 Å². The van der Waals surface area contributed by atoms with E-state index in [9.17, 15) is 9.90 Å². The van der Waals surface area contributed by atoms with E-state index in [0.717, 1.165) is 22.0 Å². The molecule has 3 N–H and O–H groups in total. The van der Waals surface area contributed by atoms with Crippen molar-refractivity contribution in [3.63, 3.8) is 0 Å². The molecule has 0 aliphatic carbocycles. The van der Waals surface area contributed by atoms with Gasteiger partial charge in [0.05, 0.1) is 36.6 Å². The lowest BCUT2D eigenvalue weighted by Crippen LogP contribution is -2.25. The van der Waals surface area contributed by atoms with Gasteiger partial charge in [-0.3, -0.25) is 0 Å². The number of aromatic nitrogens is 3. The van der Waals surface area contributed by atoms with Crippen LogP contribution >= 0.6 is 0 Å². The topological polar surface area (TPSA) is 103 Å². The number of carbonyl (C=O) groups is 1. The number of imidazole rings is 1. The maximum atomic E-state index is 11.3. The third-order valence-electron chi connectivity index (χ3n) is 3.77. The van der Waals surface area contributed by atoms with Gasteiger partial charge in [0.1, 0.15) is 5.52 Å². The van der Waals surface area contributed by atoms with Crippen LogP contribution in [0.25, 0.3) is 28.0 Å². The van der Waals surface area contributed by atoms with Gasteiger partial charge in [-0.2, -0.15) is 0 Å². The van der Waals surface area contributed by atoms with Crippen LogP contribution < -0.4 is 5.73 Å². The summed E-state index contributed by atoms with van der Waals surface area (Å²) in [6, 6.07) is 5.59. The van der Waals surface area contributed by atoms with Crippen molar-refractivity contribution in [3.05, 3.63) is 36.2 Å². The normalized spacial score (nSPS) is 12.3. The Hall–Kier alpha value is -2.93. The number of aliphatic hydroxyl groups is 1. The highest BCUT2D eigenvalue weighted by atomic mass is 16.5. The molecular weight excluding hydrogens is 320 g/mol. The molecule has 3 rings (SSSR count). The Kier molecular flexibility index (Phi) is 4.18. The third-order valence-corrected chi connectivity index (χ3v) is 3.77. The number of nitrogen functional groups attached to an aromatic ring is 1. The van der Waals surface area contributed by atoms with E-state index in [4.69, 9.17) is 5.73 Å². The minimum absolute atomic E-state index is 0.342. The van der Waals surface area contributed by atoms with Crippen LogP contribution in [0.15, 0.2) is 30.6 Å². The Bertz CT molecular complexity index is 983. The van der Waals surface area contributed by atoms with Crippen molar-refractivity contribution in [2.24, 2.45) is 0 Å². The summed E-state index contributed by atoms with van der Waals surface area (Å²) in [4.78, 5) is 20.0. The molecule has 130 valence electrons. The number of hydrogen-bond donors (Lipinski definition) is 2. The van der Waals surface area contributed by atoms with E-state index in [1.165, 1.54) is 13.2 Å². The molecule has 2 heterocycles. The van der Waals surface area contributed by atoms with Crippen LogP contribution in [0.1, 0.15) is 19.4 Å². The first-order valence-corrected chi connectivity index (χ1v) is 7.81. The second-order valence-electron chi connectivity index (χ2n) is 6.51. The van der Waals surface area contributed by atoms with Crippen molar-refractivity contribution < 1.29 is 14.6 Å². The van der Waals surface area contributed by atoms with E-state index in [-0.39, 0.29) is 0 Å². The van der Waals surface area contributed by atoms with E-state index in [2.05, 4.69) is 14.7 Å². The van der Waals surface area contributed by atoms with Gasteiger partial charge in [0, 0.05) is 11.5 Å². The molecule has 0 amide bonds. The van der Waals surface area contributed by atoms with E-state index in [1.54, 1.807) is 26.3 Å². The van der Waals surface area contributed by atoms with Crippen LogP contribution in [0.3, 0.4) is 0 Å². The van der Waals surface area contributed by atoms with Crippen molar-refractivity contribution in [2.45, 2.75) is 26.0 Å². The molecule has 7 heteroatoms. The number of carbonyl (C=O) groups excluding carboxylic acids is 1. The molecule has 7 nitrogen and oxygen atoms in total. The smallest absolute Gasteiger partial charge is 0.330 e. The summed E-state index contributed by atoms with van der Waals surface area (Å²) in [5, 5.41) is 11.0. The van der Waals surface area contributed by atoms with Gasteiger partial charge < -0.3 is 20.1 Å². The molecule has 25 heavy (non-hydrogen) atoms. The highest BCUT2D eigenvalue weighted by Gasteiger charge is 2.18. The number of rotatable bonds is 4. The lowest BCUT2D eigenvalue weighted by atomic mass is 10.1. The van der Waals surface area contributed by atoms with Crippen molar-refractivity contribution in [3.8, 4) is 0 Å². The summed E-state index contributed by atoms with van der Waals surface area (Å²) in [5.74, 6) is -0.0809. The zero-order valence-electron chi connectivity index (χ0n) is 14.4. The SMILES string of the molecule is COC(=O)/C=C/c1ccc2nc(N)c3ncn(CC(C)(C)O)c3c2c1. The van der Waals surface area contributed by atoms with E-state index in [1.807, 2.05) is 22.8 Å². The Morgan fingerprint density at radius 3 is 2.88 bits per heavy atom. The van der Waals surface area contributed by atoms with Crippen molar-refractivity contribution >= 4 is 39.8 Å². The second kappa shape index (κ2) is 6.18. The number of benzene rings is 1. The first-order valence-electron chi connectivity index (χ1n) is 7.81. The number of anilines is 1. The maximum Gasteiger partial charge on any atom is 0.330 e. The maximum absolute atomic E-state index is 11.3. The number of methoxy groups -OCH3 is 1. The second-order valence-corrected chi connectivity index (χ2v) is 6.51. The predicted octanol–water partition coefficient (Wildman–Crippen LogP) is 2.12. The summed E-state index contributed by atoms with van der Waals surface area (Å²) >= 11 is 0. The molecule has 0 atom stereocenters. The minimum Gasteiger partial charge on any atom is -0.466 e. The summed E-state index contributed by atoms with van der Waals surface area (Å²) < 4.78 is 6.48. The zero-order chi connectivity index (χ0) is 18.2. The number of fused-ring (bicyclic) bond motifs is 3. The summed E-state index contributed by atoms with van der Waals surface area (Å²) in [6.45, 7) is 3.83. The summed E-state index contributed by atoms with van der Waals surface area (Å²) in [7, 11) is 1.33. The van der Waals surface area contributed by atoms with Gasteiger partial charge in [-0.25, -0.2) is 14.8 Å². The zero-order valence-corrected chi connectivity index (χ0v) is 14.4. The monoisotopic (exact) mass is 340 g/mol. The van der Waals surface area contributed by atoms with Gasteiger partial charge in [0.2, 0.25) is 0 Å². The van der Waals surface area contributed by atoms with Gasteiger partial charge in [-0.15, -0.1) is 0 Å². The Morgan fingerprint density at radius 2 is 2.20 bits per heavy atom. The van der Waals surface area contributed by atoms with Gasteiger partial charge in [0.25, 0.3) is 0 Å². The molecule has 0 fully saturated rings. The van der Waals surface area contributed by atoms with E-state index in [0.29, 0.717) is 17.9 Å². The van der Waals surface area contributed by atoms with Crippen LogP contribution in [0.4, 0.5) is 5.82 Å². The lowest BCUT2D eigenvalue weighted by Gasteiger charge is -2.18. The van der Waals surface area contributed by atoms with E-state index >= 15 is 0 Å². The van der Waals surface area contributed by atoms with Gasteiger partial charge in [-0.05, 0) is 37.6 Å². The standard InChI is InChI=1S/C18H20N4O3/c1-18(2,24)9-22-10-20-15-16(22)12-8-11(5-7-14(23)25-3)4-6-13(12)21-17(15)19/h4-8,10,24H,9H2,1-3H3,(H2,19,21)/b7-5+. The van der Waals surface area contributed by atoms with Crippen LogP contribution in [0.2, 0.25) is 0 Å². The van der Waals surface area contributed by atoms with Gasteiger partial charge in [-0.1, -0.05) is 6.07 Å². The van der Waals surface area contributed by atoms with Crippen LogP contribution in [-0.2, 0) is 16.1 Å². The fourth-order valence-corrected chi connectivity index (χ4v) is 2.75. The molecule has 0 radical (unpaired) electrons. The molecule has 0 spiro atoms. The Balaban J connectivity index is 2.21. The number of nitrogens with two attached hydrogens (primary N) is 1. The van der Waals surface area contributed by atoms with Gasteiger partial charge in [0.15, 0.2) is 5.82 Å². The fourth-order valence-electron chi connectivity index (χ4n) is 2.75. The molecule has 3 aromatic rings. The number of nitrogens with zero attached hydrogens (tertiary/aromatic N) is 3. The number of pyridine rings is 1. The molecule has 0 aliphatic rings. The first kappa shape index (κ1) is 16.9. The average molecular weight is 340 g/mol. The van der Waals surface area contributed by atoms with Crippen molar-refractivity contribution in [1.29, 1.82) is 0 Å². The number of ether oxygens (including phenoxy) is 1. The number of hydrogen-bond acceptors (Lipinski definition) is 6. The molecule has 2 aromatic heterocycles. The number of esters is 1. The average Bonchev–Trinajstić information content (AvgIpc) is 2.95. The molecule has 1 aromatic carbocycles. The van der Waals surface area contributed by atoms with Crippen LogP contribution in [0, 0.1) is 0 Å². The molecular formula is C18H20N4O3. The largest absolute Gasteiger partial charge is 0.466 e. The quantitative estimate of drug-likeness (QED) is 0.557. The van der Waals surface area contributed by atoms with E-state index < -0.39 is 11.6 Å². The molecule has 0 saturated carbocycles. The van der Waals surface area contributed by atoms with Crippen molar-refractivity contribution in [2.75, 3.05) is 12.8 Å². The molecule has 0 aliphatic heterocycles. The highest BCUT2D eigenvalue weighted by Crippen LogP contribution is 2.29.